The van der Waals surface area contributed by atoms with Crippen LogP contribution in [-0.4, -0.2) is 22.1 Å². The van der Waals surface area contributed by atoms with Crippen molar-refractivity contribution >= 4 is 11.8 Å². The standard InChI is InChI=1S/C14H19NO3/c1-8(2)14-6-4-13(3,5-7-14)9-10(14)12(17)15(18)11(9)16/h4,6,8-10,18H,5,7H2,1-3H3/t9-,10-,13-,14+/m1/s1. The lowest BCUT2D eigenvalue weighted by Crippen LogP contribution is -2.53. The van der Waals surface area contributed by atoms with Crippen LogP contribution in [0, 0.1) is 28.6 Å². The van der Waals surface area contributed by atoms with E-state index in [1.54, 1.807) is 0 Å². The molecule has 1 N–H and O–H groups in total. The van der Waals surface area contributed by atoms with Crippen LogP contribution in [0.5, 0.6) is 0 Å². The molecule has 0 aromatic rings. The molecule has 4 aliphatic rings. The number of hydroxylamine groups is 2. The van der Waals surface area contributed by atoms with E-state index in [1.807, 2.05) is 6.92 Å². The third kappa shape index (κ3) is 1.10. The van der Waals surface area contributed by atoms with Gasteiger partial charge in [-0.25, -0.2) is 0 Å². The predicted octanol–water partition coefficient (Wildman–Crippen LogP) is 1.99. The Morgan fingerprint density at radius 2 is 1.83 bits per heavy atom. The van der Waals surface area contributed by atoms with Gasteiger partial charge < -0.3 is 0 Å². The summed E-state index contributed by atoms with van der Waals surface area (Å²) in [4.78, 5) is 24.3. The summed E-state index contributed by atoms with van der Waals surface area (Å²) in [7, 11) is 0. The van der Waals surface area contributed by atoms with Gasteiger partial charge in [-0.15, -0.1) is 0 Å². The fourth-order valence-corrected chi connectivity index (χ4v) is 4.22. The Labute approximate surface area is 107 Å². The molecule has 1 aliphatic heterocycles. The number of fused-ring (bicyclic) bond motifs is 1. The number of hydrogen-bond donors (Lipinski definition) is 1. The average Bonchev–Trinajstić information content (AvgIpc) is 2.57. The first-order chi connectivity index (χ1) is 8.33. The highest BCUT2D eigenvalue weighted by Crippen LogP contribution is 2.63. The molecule has 4 nitrogen and oxygen atoms in total. The average molecular weight is 249 g/mol. The Balaban J connectivity index is 2.19. The lowest BCUT2D eigenvalue weighted by molar-refractivity contribution is -0.173. The Morgan fingerprint density at radius 3 is 2.33 bits per heavy atom. The number of imide groups is 1. The number of rotatable bonds is 1. The molecule has 4 atom stereocenters. The van der Waals surface area contributed by atoms with E-state index in [0.717, 1.165) is 12.8 Å². The minimum Gasteiger partial charge on any atom is -0.278 e. The van der Waals surface area contributed by atoms with Gasteiger partial charge in [0.05, 0.1) is 11.8 Å². The van der Waals surface area contributed by atoms with Gasteiger partial charge in [0, 0.05) is 5.41 Å². The van der Waals surface area contributed by atoms with Crippen molar-refractivity contribution in [3.05, 3.63) is 12.2 Å². The molecule has 0 radical (unpaired) electrons. The lowest BCUT2D eigenvalue weighted by Gasteiger charge is -2.55. The molecule has 98 valence electrons. The molecular formula is C14H19NO3. The van der Waals surface area contributed by atoms with E-state index in [4.69, 9.17) is 0 Å². The topological polar surface area (TPSA) is 57.6 Å². The van der Waals surface area contributed by atoms with E-state index in [0.29, 0.717) is 5.06 Å². The molecule has 18 heavy (non-hydrogen) atoms. The highest BCUT2D eigenvalue weighted by atomic mass is 16.5. The van der Waals surface area contributed by atoms with Crippen LogP contribution in [0.4, 0.5) is 0 Å². The molecule has 2 fully saturated rings. The van der Waals surface area contributed by atoms with Crippen LogP contribution >= 0.6 is 0 Å². The minimum absolute atomic E-state index is 0.257. The normalized spacial score (nSPS) is 46.2. The fourth-order valence-electron chi connectivity index (χ4n) is 4.22. The van der Waals surface area contributed by atoms with Crippen molar-refractivity contribution in [2.45, 2.75) is 33.6 Å². The fraction of sp³-hybridized carbons (Fsp3) is 0.714. The molecule has 1 heterocycles. The molecule has 2 bridgehead atoms. The van der Waals surface area contributed by atoms with E-state index in [9.17, 15) is 14.8 Å². The van der Waals surface area contributed by atoms with Gasteiger partial charge in [0.1, 0.15) is 0 Å². The summed E-state index contributed by atoms with van der Waals surface area (Å²) in [6.45, 7) is 6.20. The van der Waals surface area contributed by atoms with E-state index in [1.165, 1.54) is 0 Å². The molecule has 0 spiro atoms. The molecule has 2 amide bonds. The second-order valence-corrected chi connectivity index (χ2v) is 6.55. The zero-order chi connectivity index (χ0) is 13.3. The molecule has 4 rings (SSSR count). The van der Waals surface area contributed by atoms with Gasteiger partial charge in [-0.1, -0.05) is 32.9 Å². The summed E-state index contributed by atoms with van der Waals surface area (Å²) in [6.07, 6.45) is 6.07. The smallest absolute Gasteiger partial charge is 0.258 e. The Bertz CT molecular complexity index is 470. The van der Waals surface area contributed by atoms with Crippen LogP contribution in [0.15, 0.2) is 12.2 Å². The summed E-state index contributed by atoms with van der Waals surface area (Å²) >= 11 is 0. The van der Waals surface area contributed by atoms with Gasteiger partial charge in [0.2, 0.25) is 0 Å². The van der Waals surface area contributed by atoms with Crippen LogP contribution in [0.3, 0.4) is 0 Å². The summed E-state index contributed by atoms with van der Waals surface area (Å²) in [5.74, 6) is -1.29. The van der Waals surface area contributed by atoms with Gasteiger partial charge in [-0.2, -0.15) is 5.06 Å². The van der Waals surface area contributed by atoms with Gasteiger partial charge in [-0.05, 0) is 24.2 Å². The first-order valence-electron chi connectivity index (χ1n) is 6.60. The maximum Gasteiger partial charge on any atom is 0.258 e. The second-order valence-electron chi connectivity index (χ2n) is 6.55. The molecule has 0 aromatic heterocycles. The SMILES string of the molecule is CC(C)[C@]12C=C[C@](C)(CC1)[C@H]1C(=O)N(O)C(=O)[C@@H]12. The molecule has 4 heteroatoms. The number of hydrogen-bond acceptors (Lipinski definition) is 3. The predicted molar refractivity (Wildman–Crippen MR) is 64.4 cm³/mol. The van der Waals surface area contributed by atoms with Crippen molar-refractivity contribution in [3.8, 4) is 0 Å². The number of carbonyl (C=O) groups excluding carboxylic acids is 2. The van der Waals surface area contributed by atoms with Crippen LogP contribution in [-0.2, 0) is 9.59 Å². The van der Waals surface area contributed by atoms with E-state index in [2.05, 4.69) is 26.0 Å². The van der Waals surface area contributed by atoms with Crippen molar-refractivity contribution in [2.24, 2.45) is 28.6 Å². The third-order valence-corrected chi connectivity index (χ3v) is 5.52. The van der Waals surface area contributed by atoms with E-state index >= 15 is 0 Å². The van der Waals surface area contributed by atoms with Gasteiger partial charge in [-0.3, -0.25) is 14.8 Å². The van der Waals surface area contributed by atoms with Crippen LogP contribution in [0.25, 0.3) is 0 Å². The van der Waals surface area contributed by atoms with Crippen molar-refractivity contribution < 1.29 is 14.8 Å². The van der Waals surface area contributed by atoms with Crippen molar-refractivity contribution in [2.75, 3.05) is 0 Å². The maximum absolute atomic E-state index is 12.2. The summed E-state index contributed by atoms with van der Waals surface area (Å²) in [6, 6.07) is 0. The first-order valence-corrected chi connectivity index (χ1v) is 6.60. The number of carbonyl (C=O) groups is 2. The molecule has 1 saturated heterocycles. The zero-order valence-electron chi connectivity index (χ0n) is 11.0. The molecular weight excluding hydrogens is 230 g/mol. The Kier molecular flexibility index (Phi) is 2.14. The van der Waals surface area contributed by atoms with Crippen LogP contribution in [0.2, 0.25) is 0 Å². The highest BCUT2D eigenvalue weighted by molar-refractivity contribution is 6.05. The first kappa shape index (κ1) is 11.9. The minimum atomic E-state index is -0.415. The molecule has 3 aliphatic carbocycles. The van der Waals surface area contributed by atoms with Gasteiger partial charge in [0.15, 0.2) is 0 Å². The quantitative estimate of drug-likeness (QED) is 0.439. The van der Waals surface area contributed by atoms with Crippen LogP contribution in [0.1, 0.15) is 33.6 Å². The number of nitrogens with zero attached hydrogens (tertiary/aromatic N) is 1. The van der Waals surface area contributed by atoms with Crippen molar-refractivity contribution in [1.82, 2.24) is 5.06 Å². The van der Waals surface area contributed by atoms with Crippen molar-refractivity contribution in [3.63, 3.8) is 0 Å². The maximum atomic E-state index is 12.2. The second kappa shape index (κ2) is 3.23. The van der Waals surface area contributed by atoms with E-state index < -0.39 is 11.8 Å². The molecule has 0 unspecified atom stereocenters. The molecule has 1 saturated carbocycles. The number of allylic oxidation sites excluding steroid dienone is 2. The summed E-state index contributed by atoms with van der Waals surface area (Å²) in [5.41, 5.74) is -0.530. The summed E-state index contributed by atoms with van der Waals surface area (Å²) < 4.78 is 0. The van der Waals surface area contributed by atoms with Crippen LogP contribution < -0.4 is 0 Å². The third-order valence-electron chi connectivity index (χ3n) is 5.52. The van der Waals surface area contributed by atoms with E-state index in [-0.39, 0.29) is 28.6 Å². The van der Waals surface area contributed by atoms with Crippen molar-refractivity contribution in [1.29, 1.82) is 0 Å². The zero-order valence-corrected chi connectivity index (χ0v) is 11.0. The summed E-state index contributed by atoms with van der Waals surface area (Å²) in [5, 5.41) is 10.0. The molecule has 0 aromatic carbocycles. The lowest BCUT2D eigenvalue weighted by atomic mass is 9.46. The number of amides is 2. The largest absolute Gasteiger partial charge is 0.278 e. The Morgan fingerprint density at radius 1 is 1.22 bits per heavy atom. The highest BCUT2D eigenvalue weighted by Gasteiger charge is 2.67. The Hall–Kier alpha value is -1.16. The van der Waals surface area contributed by atoms with Gasteiger partial charge in [0.25, 0.3) is 11.8 Å². The van der Waals surface area contributed by atoms with Gasteiger partial charge >= 0.3 is 0 Å². The monoisotopic (exact) mass is 249 g/mol.